The van der Waals surface area contributed by atoms with Gasteiger partial charge in [-0.2, -0.15) is 4.31 Å². The second kappa shape index (κ2) is 12.0. The lowest BCUT2D eigenvalue weighted by Crippen LogP contribution is -2.47. The Balaban J connectivity index is 2.33. The van der Waals surface area contributed by atoms with Crippen LogP contribution in [-0.2, 0) is 26.2 Å². The van der Waals surface area contributed by atoms with Gasteiger partial charge >= 0.3 is 5.97 Å². The van der Waals surface area contributed by atoms with Crippen LogP contribution in [0.5, 0.6) is 0 Å². The fourth-order valence-electron chi connectivity index (χ4n) is 3.39. The van der Waals surface area contributed by atoms with E-state index < -0.39 is 22.0 Å². The van der Waals surface area contributed by atoms with Crippen molar-refractivity contribution in [3.8, 4) is 0 Å². The second-order valence-electron chi connectivity index (χ2n) is 8.39. The molecule has 31 heavy (non-hydrogen) atoms. The van der Waals surface area contributed by atoms with Crippen molar-refractivity contribution in [3.63, 3.8) is 0 Å². The van der Waals surface area contributed by atoms with Crippen LogP contribution in [0, 0.1) is 12.8 Å². The molecule has 0 N–H and O–H groups in total. The zero-order valence-corrected chi connectivity index (χ0v) is 19.9. The van der Waals surface area contributed by atoms with Gasteiger partial charge in [-0.25, -0.2) is 8.42 Å². The number of sulfonamides is 1. The number of ether oxygens (including phenoxy) is 1. The number of unbranched alkanes of at least 4 members (excludes halogenated alkanes) is 2. The SMILES string of the molecule is CCCCC[C@@H](C(=O)OCc1ccccc1)N(CC(C)C)S(=O)(=O)c1ccc(C)cc1. The minimum absolute atomic E-state index is 0.0656. The van der Waals surface area contributed by atoms with E-state index in [0.29, 0.717) is 6.42 Å². The third kappa shape index (κ3) is 7.47. The molecule has 0 aliphatic rings. The molecular weight excluding hydrogens is 410 g/mol. The first-order chi connectivity index (χ1) is 14.8. The molecule has 2 aromatic carbocycles. The van der Waals surface area contributed by atoms with E-state index in [1.807, 2.05) is 51.1 Å². The molecule has 0 saturated heterocycles. The molecule has 5 nitrogen and oxygen atoms in total. The lowest BCUT2D eigenvalue weighted by Gasteiger charge is -2.31. The van der Waals surface area contributed by atoms with Gasteiger partial charge in [-0.3, -0.25) is 4.79 Å². The summed E-state index contributed by atoms with van der Waals surface area (Å²) in [6, 6.07) is 15.4. The fraction of sp³-hybridized carbons (Fsp3) is 0.480. The average Bonchev–Trinajstić information content (AvgIpc) is 2.74. The lowest BCUT2D eigenvalue weighted by atomic mass is 10.1. The van der Waals surface area contributed by atoms with Crippen LogP contribution in [0.15, 0.2) is 59.5 Å². The maximum atomic E-state index is 13.6. The van der Waals surface area contributed by atoms with Crippen LogP contribution in [0.2, 0.25) is 0 Å². The van der Waals surface area contributed by atoms with Crippen molar-refractivity contribution in [2.75, 3.05) is 6.54 Å². The smallest absolute Gasteiger partial charge is 0.324 e. The Kier molecular flexibility index (Phi) is 9.72. The van der Waals surface area contributed by atoms with E-state index in [9.17, 15) is 13.2 Å². The highest BCUT2D eigenvalue weighted by atomic mass is 32.2. The molecule has 1 atom stereocenters. The van der Waals surface area contributed by atoms with Gasteiger partial charge in [0.1, 0.15) is 12.6 Å². The summed E-state index contributed by atoms with van der Waals surface area (Å²) in [5, 5.41) is 0. The van der Waals surface area contributed by atoms with Crippen molar-refractivity contribution in [1.29, 1.82) is 0 Å². The van der Waals surface area contributed by atoms with Crippen LogP contribution in [-0.4, -0.2) is 31.3 Å². The molecule has 0 bridgehead atoms. The van der Waals surface area contributed by atoms with Crippen molar-refractivity contribution in [2.24, 2.45) is 5.92 Å². The van der Waals surface area contributed by atoms with Crippen LogP contribution in [0.4, 0.5) is 0 Å². The Morgan fingerprint density at radius 2 is 1.65 bits per heavy atom. The number of hydrogen-bond donors (Lipinski definition) is 0. The number of aryl methyl sites for hydroxylation is 1. The molecule has 0 aliphatic heterocycles. The fourth-order valence-corrected chi connectivity index (χ4v) is 5.16. The summed E-state index contributed by atoms with van der Waals surface area (Å²) in [6.07, 6.45) is 3.13. The summed E-state index contributed by atoms with van der Waals surface area (Å²) in [6.45, 7) is 8.29. The number of hydrogen-bond acceptors (Lipinski definition) is 4. The van der Waals surface area contributed by atoms with E-state index in [0.717, 1.165) is 30.4 Å². The van der Waals surface area contributed by atoms with Crippen molar-refractivity contribution in [1.82, 2.24) is 4.31 Å². The van der Waals surface area contributed by atoms with E-state index in [2.05, 4.69) is 6.92 Å². The van der Waals surface area contributed by atoms with Crippen LogP contribution >= 0.6 is 0 Å². The molecule has 0 aliphatic carbocycles. The second-order valence-corrected chi connectivity index (χ2v) is 10.3. The summed E-state index contributed by atoms with van der Waals surface area (Å²) < 4.78 is 34.0. The Hall–Kier alpha value is -2.18. The van der Waals surface area contributed by atoms with Gasteiger partial charge in [-0.1, -0.05) is 88.1 Å². The highest BCUT2D eigenvalue weighted by Gasteiger charge is 2.37. The van der Waals surface area contributed by atoms with Crippen molar-refractivity contribution >= 4 is 16.0 Å². The van der Waals surface area contributed by atoms with Gasteiger partial charge in [0.15, 0.2) is 0 Å². The third-order valence-electron chi connectivity index (χ3n) is 5.10. The molecule has 6 heteroatoms. The largest absolute Gasteiger partial charge is 0.460 e. The van der Waals surface area contributed by atoms with Gasteiger partial charge in [-0.15, -0.1) is 0 Å². The molecule has 0 aromatic heterocycles. The summed E-state index contributed by atoms with van der Waals surface area (Å²) in [5.41, 5.74) is 1.86. The predicted molar refractivity (Wildman–Crippen MR) is 124 cm³/mol. The van der Waals surface area contributed by atoms with Gasteiger partial charge in [0.25, 0.3) is 0 Å². The number of carbonyl (C=O) groups excluding carboxylic acids is 1. The van der Waals surface area contributed by atoms with E-state index >= 15 is 0 Å². The molecule has 0 heterocycles. The van der Waals surface area contributed by atoms with Crippen LogP contribution in [0.1, 0.15) is 57.6 Å². The quantitative estimate of drug-likeness (QED) is 0.327. The zero-order valence-electron chi connectivity index (χ0n) is 19.1. The molecule has 0 spiro atoms. The Bertz CT molecular complexity index is 908. The summed E-state index contributed by atoms with van der Waals surface area (Å²) in [4.78, 5) is 13.3. The minimum atomic E-state index is -3.84. The van der Waals surface area contributed by atoms with E-state index in [-0.39, 0.29) is 24.0 Å². The lowest BCUT2D eigenvalue weighted by molar-refractivity contribution is -0.150. The standard InChI is InChI=1S/C25H35NO4S/c1-5-6-8-13-24(25(27)30-19-22-11-9-7-10-12-22)26(18-20(2)3)31(28,29)23-16-14-21(4)15-17-23/h7,9-12,14-17,20,24H,5-6,8,13,18-19H2,1-4H3/t24-/m0/s1. The van der Waals surface area contributed by atoms with Gasteiger partial charge in [0, 0.05) is 6.54 Å². The molecule has 0 radical (unpaired) electrons. The number of nitrogens with zero attached hydrogens (tertiary/aromatic N) is 1. The first-order valence-corrected chi connectivity index (χ1v) is 12.5. The number of esters is 1. The van der Waals surface area contributed by atoms with E-state index in [4.69, 9.17) is 4.74 Å². The number of benzene rings is 2. The zero-order chi connectivity index (χ0) is 22.9. The highest BCUT2D eigenvalue weighted by Crippen LogP contribution is 2.24. The van der Waals surface area contributed by atoms with E-state index in [1.165, 1.54) is 4.31 Å². The molecular formula is C25H35NO4S. The Labute approximate surface area is 187 Å². The number of carbonyl (C=O) groups is 1. The van der Waals surface area contributed by atoms with Gasteiger partial charge in [-0.05, 0) is 37.0 Å². The van der Waals surface area contributed by atoms with Gasteiger partial charge < -0.3 is 4.74 Å². The molecule has 0 unspecified atom stereocenters. The normalized spacial score (nSPS) is 12.8. The summed E-state index contributed by atoms with van der Waals surface area (Å²) >= 11 is 0. The first-order valence-electron chi connectivity index (χ1n) is 11.0. The van der Waals surface area contributed by atoms with Crippen molar-refractivity contribution < 1.29 is 17.9 Å². The monoisotopic (exact) mass is 445 g/mol. The molecule has 0 saturated carbocycles. The van der Waals surface area contributed by atoms with Gasteiger partial charge in [0.05, 0.1) is 4.90 Å². The molecule has 2 aromatic rings. The molecule has 0 fully saturated rings. The Morgan fingerprint density at radius 1 is 1.00 bits per heavy atom. The van der Waals surface area contributed by atoms with E-state index in [1.54, 1.807) is 24.3 Å². The van der Waals surface area contributed by atoms with Crippen molar-refractivity contribution in [3.05, 3.63) is 65.7 Å². The molecule has 170 valence electrons. The summed E-state index contributed by atoms with van der Waals surface area (Å²) in [5.74, 6) is -0.424. The minimum Gasteiger partial charge on any atom is -0.460 e. The summed E-state index contributed by atoms with van der Waals surface area (Å²) in [7, 11) is -3.84. The molecule has 2 rings (SSSR count). The van der Waals surface area contributed by atoms with Crippen molar-refractivity contribution in [2.45, 2.75) is 70.9 Å². The average molecular weight is 446 g/mol. The third-order valence-corrected chi connectivity index (χ3v) is 6.99. The number of rotatable bonds is 12. The topological polar surface area (TPSA) is 63.7 Å². The van der Waals surface area contributed by atoms with Crippen LogP contribution < -0.4 is 0 Å². The highest BCUT2D eigenvalue weighted by molar-refractivity contribution is 7.89. The maximum absolute atomic E-state index is 13.6. The van der Waals surface area contributed by atoms with Gasteiger partial charge in [0.2, 0.25) is 10.0 Å². The first kappa shape index (κ1) is 25.1. The Morgan fingerprint density at radius 3 is 2.23 bits per heavy atom. The van der Waals surface area contributed by atoms with Crippen LogP contribution in [0.3, 0.4) is 0 Å². The molecule has 0 amide bonds. The maximum Gasteiger partial charge on any atom is 0.324 e. The van der Waals surface area contributed by atoms with Crippen LogP contribution in [0.25, 0.3) is 0 Å². The predicted octanol–water partition coefficient (Wildman–Crippen LogP) is 5.33.